The molecule has 0 fully saturated rings. The fourth-order valence-electron chi connectivity index (χ4n) is 1.14. The number of nitrogens with zero attached hydrogens (tertiary/aromatic N) is 3. The number of nitrogens with one attached hydrogen (secondary N) is 1. The Kier molecular flexibility index (Phi) is 2.24. The number of nitro groups is 1. The molecule has 2 aromatic rings. The van der Waals surface area contributed by atoms with E-state index in [1.807, 2.05) is 0 Å². The third-order valence-corrected chi connectivity index (χ3v) is 3.23. The van der Waals surface area contributed by atoms with E-state index in [0.29, 0.717) is 0 Å². The Labute approximate surface area is 95.5 Å². The van der Waals surface area contributed by atoms with Gasteiger partial charge in [-0.3, -0.25) is 10.1 Å². The molecular weight excluding hydrogens is 291 g/mol. The minimum Gasteiger partial charge on any atom is -0.691 e. The molecule has 0 aliphatic heterocycles. The van der Waals surface area contributed by atoms with Gasteiger partial charge in [0.2, 0.25) is 11.0 Å². The van der Waals surface area contributed by atoms with Gasteiger partial charge in [-0.2, -0.15) is 0 Å². The highest BCUT2D eigenvalue weighted by atomic mass is 79.9. The summed E-state index contributed by atoms with van der Waals surface area (Å²) in [5, 5.41) is 27.5. The highest BCUT2D eigenvalue weighted by Gasteiger charge is 2.23. The van der Waals surface area contributed by atoms with Crippen molar-refractivity contribution in [2.75, 3.05) is 0 Å². The van der Waals surface area contributed by atoms with Crippen LogP contribution in [0.5, 0.6) is 0 Å². The van der Waals surface area contributed by atoms with Crippen LogP contribution in [0.3, 0.4) is 0 Å². The van der Waals surface area contributed by atoms with Gasteiger partial charge in [-0.25, -0.2) is 0 Å². The minimum absolute atomic E-state index is 0.0231. The first kappa shape index (κ1) is 10.1. The van der Waals surface area contributed by atoms with Crippen LogP contribution < -0.4 is 4.85 Å². The number of fused-ring (bicyclic) bond motifs is 1. The maximum Gasteiger partial charge on any atom is 0.289 e. The number of H-pyrrole nitrogens is 1. The van der Waals surface area contributed by atoms with Crippen LogP contribution in [0.2, 0.25) is 5.02 Å². The summed E-state index contributed by atoms with van der Waals surface area (Å²) in [5.41, 5.74) is -0.00228. The zero-order valence-corrected chi connectivity index (χ0v) is 9.24. The zero-order chi connectivity index (χ0) is 11.2. The minimum atomic E-state index is -0.637. The van der Waals surface area contributed by atoms with E-state index in [4.69, 9.17) is 11.6 Å². The predicted molar refractivity (Wildman–Crippen MR) is 54.4 cm³/mol. The second-order valence-electron chi connectivity index (χ2n) is 2.66. The lowest BCUT2D eigenvalue weighted by molar-refractivity contribution is -0.644. The van der Waals surface area contributed by atoms with Crippen molar-refractivity contribution in [3.8, 4) is 0 Å². The average molecular weight is 293 g/mol. The molecule has 1 aromatic heterocycles. The van der Waals surface area contributed by atoms with E-state index in [0.717, 1.165) is 6.07 Å². The lowest BCUT2D eigenvalue weighted by Gasteiger charge is -1.98. The van der Waals surface area contributed by atoms with Crippen LogP contribution in [0.15, 0.2) is 10.5 Å². The van der Waals surface area contributed by atoms with Gasteiger partial charge in [0, 0.05) is 0 Å². The van der Waals surface area contributed by atoms with Crippen LogP contribution in [-0.4, -0.2) is 15.2 Å². The topological polar surface area (TPSA) is 98.8 Å². The first-order valence-electron chi connectivity index (χ1n) is 3.62. The number of aromatic amines is 1. The molecular formula is C6H2BrClN4O3. The van der Waals surface area contributed by atoms with Gasteiger partial charge in [-0.05, 0) is 15.9 Å². The summed E-state index contributed by atoms with van der Waals surface area (Å²) in [4.78, 5) is 10.2. The Morgan fingerprint density at radius 3 is 2.93 bits per heavy atom. The van der Waals surface area contributed by atoms with Gasteiger partial charge in [0.05, 0.1) is 16.2 Å². The van der Waals surface area contributed by atoms with Gasteiger partial charge in [-0.1, -0.05) is 11.6 Å². The molecule has 0 spiro atoms. The maximum atomic E-state index is 11.1. The van der Waals surface area contributed by atoms with Crippen LogP contribution in [0.4, 0.5) is 5.69 Å². The smallest absolute Gasteiger partial charge is 0.289 e. The summed E-state index contributed by atoms with van der Waals surface area (Å²) in [6.07, 6.45) is 0. The van der Waals surface area contributed by atoms with Gasteiger partial charge < -0.3 is 5.21 Å². The van der Waals surface area contributed by atoms with Crippen LogP contribution in [0.1, 0.15) is 0 Å². The first-order valence-corrected chi connectivity index (χ1v) is 4.79. The Bertz CT molecular complexity index is 569. The Morgan fingerprint density at radius 1 is 1.67 bits per heavy atom. The summed E-state index contributed by atoms with van der Waals surface area (Å²) in [7, 11) is 0. The lowest BCUT2D eigenvalue weighted by atomic mass is 10.3. The summed E-state index contributed by atoms with van der Waals surface area (Å²) >= 11 is 8.79. The summed E-state index contributed by atoms with van der Waals surface area (Å²) in [6, 6.07) is 1.10. The summed E-state index contributed by atoms with van der Waals surface area (Å²) < 4.78 is 0.117. The number of hydrogen-bond donors (Lipinski definition) is 1. The van der Waals surface area contributed by atoms with Crippen LogP contribution in [0.25, 0.3) is 11.0 Å². The van der Waals surface area contributed by atoms with Crippen molar-refractivity contribution in [2.24, 2.45) is 0 Å². The SMILES string of the molecule is O=[N+]([O-])c1cc2c([nH]n[n+]2[O-])c(Cl)c1Br. The molecule has 0 aliphatic carbocycles. The molecule has 1 heterocycles. The number of halogens is 2. The molecule has 1 N–H and O–H groups in total. The van der Waals surface area contributed by atoms with Crippen molar-refractivity contribution < 1.29 is 9.77 Å². The Morgan fingerprint density at radius 2 is 2.33 bits per heavy atom. The quantitative estimate of drug-likeness (QED) is 0.373. The van der Waals surface area contributed by atoms with Crippen molar-refractivity contribution in [2.45, 2.75) is 0 Å². The van der Waals surface area contributed by atoms with Crippen LogP contribution in [-0.2, 0) is 0 Å². The molecule has 7 nitrogen and oxygen atoms in total. The standard InChI is InChI=1S/C6H2BrClN4O3/c7-4-2(12(14)15)1-3-6(5(4)8)9-10-11(3)13/h1,9H. The molecule has 1 aromatic carbocycles. The summed E-state index contributed by atoms with van der Waals surface area (Å²) in [5.74, 6) is 0. The van der Waals surface area contributed by atoms with Crippen molar-refractivity contribution in [3.05, 3.63) is 30.9 Å². The molecule has 15 heavy (non-hydrogen) atoms. The molecule has 2 rings (SSSR count). The van der Waals surface area contributed by atoms with Crippen molar-refractivity contribution in [1.82, 2.24) is 10.3 Å². The largest absolute Gasteiger partial charge is 0.691 e. The summed E-state index contributed by atoms with van der Waals surface area (Å²) in [6.45, 7) is 0. The molecule has 0 saturated carbocycles. The average Bonchev–Trinajstić information content (AvgIpc) is 2.53. The highest BCUT2D eigenvalue weighted by molar-refractivity contribution is 9.10. The number of nitro benzene ring substituents is 1. The number of hydrogen-bond acceptors (Lipinski definition) is 4. The maximum absolute atomic E-state index is 11.1. The van der Waals surface area contributed by atoms with E-state index < -0.39 is 4.92 Å². The molecule has 0 aliphatic rings. The van der Waals surface area contributed by atoms with Gasteiger partial charge in [0.15, 0.2) is 0 Å². The van der Waals surface area contributed by atoms with Gasteiger partial charge >= 0.3 is 0 Å². The van der Waals surface area contributed by atoms with Crippen molar-refractivity contribution >= 4 is 44.3 Å². The molecule has 0 amide bonds. The molecule has 0 atom stereocenters. The molecule has 0 saturated heterocycles. The molecule has 78 valence electrons. The van der Waals surface area contributed by atoms with E-state index in [2.05, 4.69) is 26.2 Å². The third kappa shape index (κ3) is 1.41. The van der Waals surface area contributed by atoms with E-state index >= 15 is 0 Å². The van der Waals surface area contributed by atoms with Crippen LogP contribution >= 0.6 is 27.5 Å². The van der Waals surface area contributed by atoms with Crippen LogP contribution in [0, 0.1) is 15.3 Å². The van der Waals surface area contributed by atoms with E-state index in [1.54, 1.807) is 0 Å². The number of rotatable bonds is 1. The molecule has 0 radical (unpaired) electrons. The molecule has 9 heteroatoms. The molecule has 0 bridgehead atoms. The normalized spacial score (nSPS) is 10.8. The van der Waals surface area contributed by atoms with Crippen molar-refractivity contribution in [3.63, 3.8) is 0 Å². The Balaban J connectivity index is 2.91. The second kappa shape index (κ2) is 3.31. The highest BCUT2D eigenvalue weighted by Crippen LogP contribution is 2.36. The third-order valence-electron chi connectivity index (χ3n) is 1.82. The second-order valence-corrected chi connectivity index (χ2v) is 3.83. The van der Waals surface area contributed by atoms with E-state index in [-0.39, 0.29) is 31.1 Å². The predicted octanol–water partition coefficient (Wildman–Crippen LogP) is 1.52. The fourth-order valence-corrected chi connectivity index (χ4v) is 1.83. The first-order chi connectivity index (χ1) is 7.02. The lowest BCUT2D eigenvalue weighted by Crippen LogP contribution is -2.27. The van der Waals surface area contributed by atoms with Crippen molar-refractivity contribution in [1.29, 1.82) is 0 Å². The monoisotopic (exact) mass is 292 g/mol. The van der Waals surface area contributed by atoms with Gasteiger partial charge in [0.1, 0.15) is 9.50 Å². The van der Waals surface area contributed by atoms with E-state index in [1.165, 1.54) is 0 Å². The van der Waals surface area contributed by atoms with Gasteiger partial charge in [0.25, 0.3) is 5.69 Å². The zero-order valence-electron chi connectivity index (χ0n) is 6.90. The Hall–Kier alpha value is -1.41. The number of aromatic nitrogens is 3. The fraction of sp³-hybridized carbons (Fsp3) is 0. The van der Waals surface area contributed by atoms with Gasteiger partial charge in [-0.15, -0.1) is 9.94 Å². The molecule has 0 unspecified atom stereocenters. The number of benzene rings is 1. The van der Waals surface area contributed by atoms with E-state index in [9.17, 15) is 15.3 Å².